The zero-order chi connectivity index (χ0) is 46.3. The summed E-state index contributed by atoms with van der Waals surface area (Å²) in [5.74, 6) is -7.05. The van der Waals surface area contributed by atoms with Gasteiger partial charge in [0.2, 0.25) is 0 Å². The van der Waals surface area contributed by atoms with Crippen LogP contribution in [0.25, 0.3) is 11.1 Å². The van der Waals surface area contributed by atoms with E-state index in [1.54, 1.807) is 0 Å². The minimum atomic E-state index is -5.11. The molecule has 2 fully saturated rings. The predicted octanol–water partition coefficient (Wildman–Crippen LogP) is -1.01. The van der Waals surface area contributed by atoms with Crippen LogP contribution in [0.15, 0.2) is 24.3 Å². The van der Waals surface area contributed by atoms with Crippen molar-refractivity contribution in [2.24, 2.45) is 0 Å². The second-order valence-electron chi connectivity index (χ2n) is 15.3. The number of hydrogen-bond acceptors (Lipinski definition) is 20. The molecule has 11 N–H and O–H groups in total. The maximum absolute atomic E-state index is 14.1. The molecule has 3 aromatic rings. The monoisotopic (exact) mass is 907 g/mol. The molecule has 3 aromatic carbocycles. The molecule has 0 aromatic heterocycles. The lowest BCUT2D eigenvalue weighted by Gasteiger charge is -2.46. The number of carboxylic acid groups (broad SMARTS) is 1. The number of aromatic hydroxyl groups is 3. The van der Waals surface area contributed by atoms with Crippen LogP contribution in [0, 0.1) is 6.92 Å². The number of nitrogens with one attached hydrogen (secondary N) is 1. The van der Waals surface area contributed by atoms with Crippen molar-refractivity contribution < 1.29 is 106 Å². The number of carbonyl (C=O) groups excluding carboxylic acids is 3. The molecule has 23 nitrogen and oxygen atoms in total. The first-order valence-corrected chi connectivity index (χ1v) is 20.3. The van der Waals surface area contributed by atoms with Crippen LogP contribution in [0.3, 0.4) is 0 Å². The molecule has 0 saturated carbocycles. The van der Waals surface area contributed by atoms with Crippen LogP contribution >= 0.6 is 0 Å². The van der Waals surface area contributed by atoms with Crippen molar-refractivity contribution in [3.63, 3.8) is 0 Å². The fourth-order valence-corrected chi connectivity index (χ4v) is 8.59. The molecule has 4 aliphatic rings. The van der Waals surface area contributed by atoms with Gasteiger partial charge in [0, 0.05) is 28.3 Å². The molecule has 1 amide bonds. The van der Waals surface area contributed by atoms with Gasteiger partial charge in [-0.25, -0.2) is 4.18 Å². The molecule has 2 heterocycles. The van der Waals surface area contributed by atoms with E-state index in [-0.39, 0.29) is 22.4 Å². The summed E-state index contributed by atoms with van der Waals surface area (Å²) < 4.78 is 63.8. The van der Waals surface area contributed by atoms with Gasteiger partial charge < -0.3 is 75.0 Å². The van der Waals surface area contributed by atoms with Crippen LogP contribution in [0.1, 0.15) is 84.9 Å². The Kier molecular flexibility index (Phi) is 12.1. The smallest absolute Gasteiger partial charge is 0.397 e. The van der Waals surface area contributed by atoms with Crippen molar-refractivity contribution in [1.29, 1.82) is 0 Å². The van der Waals surface area contributed by atoms with Gasteiger partial charge in [-0.15, -0.1) is 0 Å². The number of phenols is 3. The number of ketones is 2. The number of aryl methyl sites for hydroxylation is 1. The van der Waals surface area contributed by atoms with Gasteiger partial charge in [0.1, 0.15) is 77.9 Å². The number of phenolic OH excluding ortho intramolecular Hbond substituents is 3. The first-order valence-electron chi connectivity index (χ1n) is 18.9. The lowest BCUT2D eigenvalue weighted by Crippen LogP contribution is -2.62. The zero-order valence-electron chi connectivity index (χ0n) is 33.2. The Bertz CT molecular complexity index is 2530. The summed E-state index contributed by atoms with van der Waals surface area (Å²) in [4.78, 5) is 53.2. The number of ether oxygens (including phenoxy) is 5. The highest BCUT2D eigenvalue weighted by Gasteiger charge is 2.52. The lowest BCUT2D eigenvalue weighted by molar-refractivity contribution is -0.352. The van der Waals surface area contributed by atoms with Crippen LogP contribution in [-0.2, 0) is 38.3 Å². The Labute approximate surface area is 355 Å². The molecule has 7 rings (SSSR count). The highest BCUT2D eigenvalue weighted by atomic mass is 32.3. The zero-order valence-corrected chi connectivity index (χ0v) is 34.0. The van der Waals surface area contributed by atoms with Gasteiger partial charge in [-0.2, -0.15) is 8.42 Å². The standard InChI is InChI=1S/C39H41NO22S/c1-10-5-17-23(30(47)20(10)36(51)40-11(2)37(52)53)22-15(8-16-24(31(22)48)27(44)14-6-13(57-4)7-18(41)21(14)26(16)43)28(45)34(17)60-39-33(50)35(25(42)12(3)59-39)61-38-32(49)29(46)19(9-58-38)62-63(54,55)56/h5-8,11-12,19,25,28-29,32-35,38-39,41-42,45-50H,9H2,1-4H3,(H,40,51)(H,52,53)(H,54,55,56)/t11-,12-,19-,25+,28+,29+,32-,33-,34+,35+,38+,39+/m1/s1. The summed E-state index contributed by atoms with van der Waals surface area (Å²) >= 11 is 0. The van der Waals surface area contributed by atoms with Crippen molar-refractivity contribution in [1.82, 2.24) is 5.32 Å². The molecule has 2 saturated heterocycles. The molecule has 24 heteroatoms. The number of fused-ring (bicyclic) bond motifs is 5. The van der Waals surface area contributed by atoms with E-state index in [0.717, 1.165) is 25.1 Å². The molecule has 63 heavy (non-hydrogen) atoms. The minimum Gasteiger partial charge on any atom is -0.507 e. The fourth-order valence-electron chi connectivity index (χ4n) is 8.11. The molecule has 0 unspecified atom stereocenters. The first kappa shape index (κ1) is 45.7. The van der Waals surface area contributed by atoms with Crippen LogP contribution < -0.4 is 10.1 Å². The number of amides is 1. The van der Waals surface area contributed by atoms with Crippen LogP contribution in [-0.4, -0.2) is 157 Å². The van der Waals surface area contributed by atoms with Crippen molar-refractivity contribution in [3.8, 4) is 34.1 Å². The molecular formula is C39H41NO22S. The highest BCUT2D eigenvalue weighted by Crippen LogP contribution is 2.57. The number of carboxylic acids is 1. The summed E-state index contributed by atoms with van der Waals surface area (Å²) in [6.45, 7) is 3.01. The van der Waals surface area contributed by atoms with Gasteiger partial charge in [-0.3, -0.25) is 23.7 Å². The average Bonchev–Trinajstić information content (AvgIpc) is 3.20. The molecule has 0 spiro atoms. The molecule has 0 radical (unpaired) electrons. The van der Waals surface area contributed by atoms with Crippen molar-refractivity contribution in [2.45, 2.75) is 94.3 Å². The third-order valence-corrected chi connectivity index (χ3v) is 11.8. The number of hydrogen-bond donors (Lipinski definition) is 11. The number of carbonyl (C=O) groups is 4. The number of aliphatic carboxylic acids is 1. The number of rotatable bonds is 10. The number of methoxy groups -OCH3 is 1. The topological polar surface area (TPSA) is 372 Å². The number of benzene rings is 3. The van der Waals surface area contributed by atoms with Gasteiger partial charge in [-0.05, 0) is 49.6 Å². The van der Waals surface area contributed by atoms with E-state index in [4.69, 9.17) is 28.2 Å². The van der Waals surface area contributed by atoms with E-state index in [1.807, 2.05) is 0 Å². The Balaban J connectivity index is 1.32. The molecule has 340 valence electrons. The van der Waals surface area contributed by atoms with E-state index in [0.29, 0.717) is 0 Å². The van der Waals surface area contributed by atoms with E-state index in [9.17, 15) is 73.6 Å². The average molecular weight is 908 g/mol. The Morgan fingerprint density at radius 3 is 2.10 bits per heavy atom. The van der Waals surface area contributed by atoms with Crippen LogP contribution in [0.5, 0.6) is 23.0 Å². The maximum Gasteiger partial charge on any atom is 0.397 e. The van der Waals surface area contributed by atoms with Crippen molar-refractivity contribution in [2.75, 3.05) is 13.7 Å². The summed E-state index contributed by atoms with van der Waals surface area (Å²) in [5.41, 5.74) is -4.07. The normalized spacial score (nSPS) is 29.5. The Morgan fingerprint density at radius 1 is 0.825 bits per heavy atom. The largest absolute Gasteiger partial charge is 0.507 e. The molecule has 0 bridgehead atoms. The molecule has 2 aliphatic heterocycles. The third-order valence-electron chi connectivity index (χ3n) is 11.3. The highest BCUT2D eigenvalue weighted by molar-refractivity contribution is 7.80. The fraction of sp³-hybridized carbons (Fsp3) is 0.436. The maximum atomic E-state index is 14.1. The van der Waals surface area contributed by atoms with Gasteiger partial charge >= 0.3 is 16.4 Å². The first-order chi connectivity index (χ1) is 29.5. The molecular weight excluding hydrogens is 866 g/mol. The third kappa shape index (κ3) is 7.87. The van der Waals surface area contributed by atoms with Crippen molar-refractivity contribution in [3.05, 3.63) is 68.8 Å². The second kappa shape index (κ2) is 16.6. The minimum absolute atomic E-state index is 0.0195. The predicted molar refractivity (Wildman–Crippen MR) is 204 cm³/mol. The summed E-state index contributed by atoms with van der Waals surface area (Å²) in [6.07, 6.45) is -20.4. The number of aliphatic hydroxyl groups excluding tert-OH is 5. The van der Waals surface area contributed by atoms with E-state index in [2.05, 4.69) is 9.50 Å². The second-order valence-corrected chi connectivity index (χ2v) is 16.3. The summed E-state index contributed by atoms with van der Waals surface area (Å²) in [6, 6.07) is 2.97. The van der Waals surface area contributed by atoms with E-state index >= 15 is 0 Å². The van der Waals surface area contributed by atoms with Crippen molar-refractivity contribution >= 4 is 33.8 Å². The quantitative estimate of drug-likeness (QED) is 0.0849. The van der Waals surface area contributed by atoms with Gasteiger partial charge in [-0.1, -0.05) is 6.07 Å². The number of aliphatic hydroxyl groups is 5. The molecule has 12 atom stereocenters. The van der Waals surface area contributed by atoms with E-state index < -0.39 is 170 Å². The SMILES string of the molecule is COc1cc(O)c2c(c1)C(=O)c1c(cc3c(c1O)-c1c(cc(C)c(C(=O)N[C@H](C)C(=O)O)c1O)[C@H](O[C@@H]1O[C@H](C)[C@H](O)[C@H](O[C@@H]4OC[C@@H](OS(=O)(=O)O)[C@H](O)[C@H]4O)[C@H]1O)[C@H]3O)C2=O. The Hall–Kier alpha value is -5.35. The molecule has 2 aliphatic carbocycles. The van der Waals surface area contributed by atoms with Crippen LogP contribution in [0.2, 0.25) is 0 Å². The van der Waals surface area contributed by atoms with Crippen LogP contribution in [0.4, 0.5) is 0 Å². The van der Waals surface area contributed by atoms with Gasteiger partial charge in [0.25, 0.3) is 5.91 Å². The summed E-state index contributed by atoms with van der Waals surface area (Å²) in [5, 5.41) is 102. The van der Waals surface area contributed by atoms with E-state index in [1.165, 1.54) is 27.0 Å². The summed E-state index contributed by atoms with van der Waals surface area (Å²) in [7, 11) is -3.87. The lowest BCUT2D eigenvalue weighted by atomic mass is 9.74. The van der Waals surface area contributed by atoms with Gasteiger partial charge in [0.05, 0.1) is 36.5 Å². The Morgan fingerprint density at radius 2 is 1.46 bits per heavy atom. The van der Waals surface area contributed by atoms with Gasteiger partial charge in [0.15, 0.2) is 24.1 Å².